The van der Waals surface area contributed by atoms with Crippen LogP contribution in [0.3, 0.4) is 0 Å². The number of rotatable bonds is 3. The molecule has 21 heavy (non-hydrogen) atoms. The molecule has 0 fully saturated rings. The third kappa shape index (κ3) is 2.78. The van der Waals surface area contributed by atoms with Crippen molar-refractivity contribution in [1.29, 1.82) is 0 Å². The number of hydrogen-bond donors (Lipinski definition) is 2. The number of H-pyrrole nitrogens is 1. The predicted molar refractivity (Wildman–Crippen MR) is 79.9 cm³/mol. The number of aromatic amines is 1. The summed E-state index contributed by atoms with van der Waals surface area (Å²) < 4.78 is 4.90. The molecule has 6 heteroatoms. The van der Waals surface area contributed by atoms with Gasteiger partial charge in [-0.3, -0.25) is 4.79 Å². The van der Waals surface area contributed by atoms with Crippen molar-refractivity contribution in [2.45, 2.75) is 13.8 Å². The van der Waals surface area contributed by atoms with E-state index in [1.54, 1.807) is 31.2 Å². The van der Waals surface area contributed by atoms with Crippen LogP contribution in [-0.2, 0) is 4.74 Å². The van der Waals surface area contributed by atoms with Crippen LogP contribution in [0.5, 0.6) is 5.75 Å². The quantitative estimate of drug-likeness (QED) is 0.855. The second-order valence-electron chi connectivity index (χ2n) is 4.38. The Kier molecular flexibility index (Phi) is 4.33. The molecule has 1 heterocycles. The van der Waals surface area contributed by atoms with Gasteiger partial charge in [-0.1, -0.05) is 29.8 Å². The fourth-order valence-electron chi connectivity index (χ4n) is 2.07. The largest absolute Gasteiger partial charge is 0.506 e. The van der Waals surface area contributed by atoms with Gasteiger partial charge in [0.15, 0.2) is 0 Å². The Hall–Kier alpha value is -2.27. The van der Waals surface area contributed by atoms with E-state index in [9.17, 15) is 14.7 Å². The smallest absolute Gasteiger partial charge is 0.343 e. The number of esters is 1. The molecule has 0 aliphatic rings. The number of aromatic hydroxyl groups is 1. The third-order valence-electron chi connectivity index (χ3n) is 3.00. The van der Waals surface area contributed by atoms with Crippen LogP contribution in [0, 0.1) is 6.92 Å². The molecule has 2 rings (SSSR count). The van der Waals surface area contributed by atoms with Crippen molar-refractivity contribution in [1.82, 2.24) is 4.98 Å². The number of aromatic nitrogens is 1. The molecule has 0 radical (unpaired) electrons. The van der Waals surface area contributed by atoms with Gasteiger partial charge in [-0.25, -0.2) is 4.79 Å². The number of carbonyl (C=O) groups excluding carboxylic acids is 1. The molecule has 0 spiro atoms. The van der Waals surface area contributed by atoms with Crippen molar-refractivity contribution in [3.8, 4) is 16.9 Å². The third-order valence-corrected chi connectivity index (χ3v) is 3.33. The maximum absolute atomic E-state index is 12.1. The van der Waals surface area contributed by atoms with Crippen LogP contribution in [0.2, 0.25) is 5.02 Å². The van der Waals surface area contributed by atoms with E-state index in [1.165, 1.54) is 6.92 Å². The van der Waals surface area contributed by atoms with Crippen LogP contribution in [0.15, 0.2) is 29.1 Å². The van der Waals surface area contributed by atoms with Gasteiger partial charge in [0.25, 0.3) is 5.56 Å². The van der Waals surface area contributed by atoms with Crippen LogP contribution in [-0.4, -0.2) is 22.7 Å². The fourth-order valence-corrected chi connectivity index (χ4v) is 2.30. The number of halogens is 1. The average Bonchev–Trinajstić information content (AvgIpc) is 2.40. The van der Waals surface area contributed by atoms with E-state index in [0.29, 0.717) is 10.6 Å². The van der Waals surface area contributed by atoms with Gasteiger partial charge in [-0.15, -0.1) is 0 Å². The molecule has 0 saturated heterocycles. The highest BCUT2D eigenvalue weighted by atomic mass is 35.5. The van der Waals surface area contributed by atoms with Gasteiger partial charge in [0.1, 0.15) is 11.3 Å². The first-order chi connectivity index (χ1) is 9.97. The first kappa shape index (κ1) is 15.1. The van der Waals surface area contributed by atoms with Crippen molar-refractivity contribution in [3.63, 3.8) is 0 Å². The summed E-state index contributed by atoms with van der Waals surface area (Å²) in [6, 6.07) is 6.58. The fraction of sp³-hybridized carbons (Fsp3) is 0.200. The van der Waals surface area contributed by atoms with Crippen LogP contribution in [0.1, 0.15) is 23.0 Å². The van der Waals surface area contributed by atoms with Gasteiger partial charge in [0.05, 0.1) is 12.2 Å². The van der Waals surface area contributed by atoms with Crippen molar-refractivity contribution >= 4 is 17.6 Å². The topological polar surface area (TPSA) is 79.4 Å². The van der Waals surface area contributed by atoms with E-state index in [-0.39, 0.29) is 23.4 Å². The Morgan fingerprint density at radius 1 is 1.38 bits per heavy atom. The number of carbonyl (C=O) groups is 1. The Morgan fingerprint density at radius 3 is 2.67 bits per heavy atom. The van der Waals surface area contributed by atoms with Gasteiger partial charge in [-0.2, -0.15) is 0 Å². The maximum atomic E-state index is 12.1. The molecule has 0 bridgehead atoms. The Balaban J connectivity index is 2.74. The highest BCUT2D eigenvalue weighted by Gasteiger charge is 2.23. The molecule has 5 nitrogen and oxygen atoms in total. The minimum atomic E-state index is -0.697. The zero-order valence-electron chi connectivity index (χ0n) is 11.6. The summed E-state index contributed by atoms with van der Waals surface area (Å²) in [7, 11) is 0. The predicted octanol–water partition coefficient (Wildman–Crippen LogP) is 2.89. The molecule has 2 aromatic rings. The monoisotopic (exact) mass is 307 g/mol. The van der Waals surface area contributed by atoms with Crippen molar-refractivity contribution < 1.29 is 14.6 Å². The lowest BCUT2D eigenvalue weighted by molar-refractivity contribution is 0.0521. The Morgan fingerprint density at radius 2 is 2.05 bits per heavy atom. The van der Waals surface area contributed by atoms with Crippen LogP contribution in [0.4, 0.5) is 0 Å². The summed E-state index contributed by atoms with van der Waals surface area (Å²) in [6.45, 7) is 3.34. The molecule has 110 valence electrons. The van der Waals surface area contributed by atoms with Crippen molar-refractivity contribution in [2.24, 2.45) is 0 Å². The highest BCUT2D eigenvalue weighted by molar-refractivity contribution is 6.33. The minimum Gasteiger partial charge on any atom is -0.506 e. The molecular formula is C15H14ClNO4. The van der Waals surface area contributed by atoms with Gasteiger partial charge < -0.3 is 14.8 Å². The number of nitrogens with one attached hydrogen (secondary N) is 1. The number of benzene rings is 1. The normalized spacial score (nSPS) is 10.4. The zero-order chi connectivity index (χ0) is 15.6. The lowest BCUT2D eigenvalue weighted by Gasteiger charge is -2.12. The van der Waals surface area contributed by atoms with Gasteiger partial charge >= 0.3 is 5.97 Å². The Bertz CT molecular complexity index is 752. The maximum Gasteiger partial charge on any atom is 0.343 e. The van der Waals surface area contributed by atoms with Crippen molar-refractivity contribution in [2.75, 3.05) is 6.61 Å². The number of ether oxygens (including phenoxy) is 1. The molecule has 0 aliphatic carbocycles. The summed E-state index contributed by atoms with van der Waals surface area (Å²) in [5.74, 6) is -1.13. The van der Waals surface area contributed by atoms with Crippen LogP contribution < -0.4 is 5.56 Å². The van der Waals surface area contributed by atoms with Gasteiger partial charge in [0, 0.05) is 16.3 Å². The summed E-state index contributed by atoms with van der Waals surface area (Å²) in [5, 5.41) is 10.6. The number of aryl methyl sites for hydroxylation is 1. The first-order valence-electron chi connectivity index (χ1n) is 6.35. The van der Waals surface area contributed by atoms with E-state index in [1.807, 2.05) is 0 Å². The van der Waals surface area contributed by atoms with E-state index in [4.69, 9.17) is 16.3 Å². The number of pyridine rings is 1. The van der Waals surface area contributed by atoms with E-state index < -0.39 is 17.3 Å². The van der Waals surface area contributed by atoms with Crippen LogP contribution >= 0.6 is 11.6 Å². The molecular weight excluding hydrogens is 294 g/mol. The second-order valence-corrected chi connectivity index (χ2v) is 4.79. The molecule has 0 unspecified atom stereocenters. The summed E-state index contributed by atoms with van der Waals surface area (Å²) in [4.78, 5) is 26.6. The van der Waals surface area contributed by atoms with E-state index in [2.05, 4.69) is 4.98 Å². The second kappa shape index (κ2) is 6.01. The SMILES string of the molecule is CCOC(=O)c1c(C)[nH]c(=O)c(-c2ccccc2Cl)c1O. The lowest BCUT2D eigenvalue weighted by atomic mass is 10.0. The van der Waals surface area contributed by atoms with Crippen LogP contribution in [0.25, 0.3) is 11.1 Å². The molecule has 1 aromatic carbocycles. The molecule has 2 N–H and O–H groups in total. The summed E-state index contributed by atoms with van der Waals surface area (Å²) in [5.41, 5.74) is -0.0398. The molecule has 0 amide bonds. The minimum absolute atomic E-state index is 0.0470. The Labute approximate surface area is 126 Å². The summed E-state index contributed by atoms with van der Waals surface area (Å²) in [6.07, 6.45) is 0. The average molecular weight is 308 g/mol. The lowest BCUT2D eigenvalue weighted by Crippen LogP contribution is -2.17. The van der Waals surface area contributed by atoms with Crippen molar-refractivity contribution in [3.05, 3.63) is 50.9 Å². The standard InChI is InChI=1S/C15H14ClNO4/c1-3-21-15(20)11-8(2)17-14(19)12(13(11)18)9-6-4-5-7-10(9)16/h4-7H,3H2,1-2H3,(H2,17,18,19). The van der Waals surface area contributed by atoms with Gasteiger partial charge in [0.2, 0.25) is 0 Å². The molecule has 0 atom stereocenters. The van der Waals surface area contributed by atoms with E-state index in [0.717, 1.165) is 0 Å². The zero-order valence-corrected chi connectivity index (χ0v) is 12.3. The molecule has 0 aliphatic heterocycles. The molecule has 0 saturated carbocycles. The molecule has 1 aromatic heterocycles. The van der Waals surface area contributed by atoms with Gasteiger partial charge in [-0.05, 0) is 19.9 Å². The number of hydrogen-bond acceptors (Lipinski definition) is 4. The van der Waals surface area contributed by atoms with E-state index >= 15 is 0 Å². The first-order valence-corrected chi connectivity index (χ1v) is 6.73. The summed E-state index contributed by atoms with van der Waals surface area (Å²) >= 11 is 6.06. The highest BCUT2D eigenvalue weighted by Crippen LogP contribution is 2.34.